The van der Waals surface area contributed by atoms with Gasteiger partial charge in [-0.3, -0.25) is 0 Å². The zero-order valence-electron chi connectivity index (χ0n) is 16.8. The van der Waals surface area contributed by atoms with Gasteiger partial charge < -0.3 is 20.3 Å². The van der Waals surface area contributed by atoms with E-state index in [2.05, 4.69) is 27.7 Å². The molecule has 0 saturated heterocycles. The van der Waals surface area contributed by atoms with E-state index in [4.69, 9.17) is 16.3 Å². The fourth-order valence-corrected chi connectivity index (χ4v) is 4.19. The first-order valence-electron chi connectivity index (χ1n) is 10.1. The molecule has 0 saturated carbocycles. The van der Waals surface area contributed by atoms with E-state index in [1.165, 1.54) is 5.56 Å². The molecule has 2 aromatic rings. The Morgan fingerprint density at radius 3 is 2.73 bits per heavy atom. The van der Waals surface area contributed by atoms with Crippen LogP contribution in [0.15, 0.2) is 59.8 Å². The second-order valence-electron chi connectivity index (χ2n) is 7.35. The summed E-state index contributed by atoms with van der Waals surface area (Å²) in [7, 11) is 0. The maximum absolute atomic E-state index is 12.9. The van der Waals surface area contributed by atoms with Gasteiger partial charge in [-0.25, -0.2) is 9.59 Å². The molecule has 30 heavy (non-hydrogen) atoms. The Balaban J connectivity index is 1.75. The van der Waals surface area contributed by atoms with Crippen molar-refractivity contribution < 1.29 is 14.3 Å². The Hall–Kier alpha value is -2.99. The summed E-state index contributed by atoms with van der Waals surface area (Å²) in [5, 5.41) is 6.30. The first-order valence-corrected chi connectivity index (χ1v) is 10.5. The summed E-state index contributed by atoms with van der Waals surface area (Å²) in [5.74, 6) is -0.440. The molecule has 2 amide bonds. The molecule has 2 aliphatic heterocycles. The van der Waals surface area contributed by atoms with E-state index >= 15 is 0 Å². The topological polar surface area (TPSA) is 70.7 Å². The van der Waals surface area contributed by atoms with E-state index in [1.54, 1.807) is 19.1 Å². The van der Waals surface area contributed by atoms with Gasteiger partial charge in [0.15, 0.2) is 0 Å². The minimum atomic E-state index is -0.606. The predicted octanol–water partition coefficient (Wildman–Crippen LogP) is 3.96. The number of aryl methyl sites for hydroxylation is 1. The number of carbonyl (C=O) groups excluding carboxylic acids is 2. The molecule has 0 aromatic heterocycles. The van der Waals surface area contributed by atoms with E-state index in [0.717, 1.165) is 30.6 Å². The van der Waals surface area contributed by atoms with Crippen LogP contribution in [0.5, 0.6) is 0 Å². The summed E-state index contributed by atoms with van der Waals surface area (Å²) in [6.45, 7) is 3.29. The maximum atomic E-state index is 12.9. The Labute approximate surface area is 180 Å². The Morgan fingerprint density at radius 2 is 1.97 bits per heavy atom. The average molecular weight is 426 g/mol. The lowest BCUT2D eigenvalue weighted by Gasteiger charge is -2.35. The lowest BCUT2D eigenvalue weighted by molar-refractivity contribution is -0.139. The zero-order valence-corrected chi connectivity index (χ0v) is 17.5. The fraction of sp³-hybridized carbons (Fsp3) is 0.304. The van der Waals surface area contributed by atoms with Crippen molar-refractivity contribution in [2.75, 3.05) is 24.6 Å². The quantitative estimate of drug-likeness (QED) is 0.711. The molecule has 4 rings (SSSR count). The van der Waals surface area contributed by atoms with Gasteiger partial charge in [-0.1, -0.05) is 41.9 Å². The molecule has 156 valence electrons. The minimum Gasteiger partial charge on any atom is -0.463 e. The number of benzene rings is 2. The molecule has 6 nitrogen and oxygen atoms in total. The molecule has 7 heteroatoms. The maximum Gasteiger partial charge on any atom is 0.338 e. The third kappa shape index (κ3) is 4.14. The van der Waals surface area contributed by atoms with Gasteiger partial charge in [0.25, 0.3) is 0 Å². The highest BCUT2D eigenvalue weighted by molar-refractivity contribution is 6.30. The average Bonchev–Trinajstić information content (AvgIpc) is 2.74. The number of fused-ring (bicyclic) bond motifs is 1. The molecule has 0 aliphatic carbocycles. The first-order chi connectivity index (χ1) is 14.6. The molecule has 0 radical (unpaired) electrons. The Morgan fingerprint density at radius 1 is 1.20 bits per heavy atom. The number of urea groups is 1. The predicted molar refractivity (Wildman–Crippen MR) is 116 cm³/mol. The van der Waals surface area contributed by atoms with Crippen molar-refractivity contribution in [3.05, 3.63) is 76.0 Å². The number of carbonyl (C=O) groups is 2. The highest BCUT2D eigenvalue weighted by Crippen LogP contribution is 2.32. The van der Waals surface area contributed by atoms with Crippen molar-refractivity contribution in [3.63, 3.8) is 0 Å². The van der Waals surface area contributed by atoms with E-state index < -0.39 is 12.0 Å². The van der Waals surface area contributed by atoms with Crippen LogP contribution in [0.4, 0.5) is 10.5 Å². The van der Waals surface area contributed by atoms with Crippen LogP contribution < -0.4 is 15.5 Å². The molecule has 2 aliphatic rings. The van der Waals surface area contributed by atoms with Crippen molar-refractivity contribution in [1.29, 1.82) is 0 Å². The lowest BCUT2D eigenvalue weighted by Crippen LogP contribution is -2.49. The summed E-state index contributed by atoms with van der Waals surface area (Å²) in [4.78, 5) is 27.6. The second-order valence-corrected chi connectivity index (χ2v) is 7.79. The third-order valence-corrected chi connectivity index (χ3v) is 5.66. The number of hydrogen-bond donors (Lipinski definition) is 2. The molecule has 1 atom stereocenters. The van der Waals surface area contributed by atoms with Crippen LogP contribution in [0, 0.1) is 0 Å². The number of nitrogens with one attached hydrogen (secondary N) is 2. The van der Waals surface area contributed by atoms with Gasteiger partial charge in [-0.2, -0.15) is 0 Å². The molecule has 0 unspecified atom stereocenters. The normalized spacial score (nSPS) is 18.4. The van der Waals surface area contributed by atoms with Crippen molar-refractivity contribution in [1.82, 2.24) is 10.6 Å². The standard InChI is InChI=1S/C23H24ClN3O3/c1-2-30-22(28)20-18(14-27-13-5-7-15-6-3-4-8-19(15)27)25-23(29)26-21(20)16-9-11-17(24)12-10-16/h3-4,6,8-12,21H,2,5,7,13-14H2,1H3,(H2,25,26,29)/t21-/m1/s1. The summed E-state index contributed by atoms with van der Waals surface area (Å²) < 4.78 is 5.35. The van der Waals surface area contributed by atoms with E-state index in [-0.39, 0.29) is 12.6 Å². The van der Waals surface area contributed by atoms with Crippen LogP contribution in [0.2, 0.25) is 5.02 Å². The van der Waals surface area contributed by atoms with Crippen LogP contribution in [0.3, 0.4) is 0 Å². The zero-order chi connectivity index (χ0) is 21.1. The van der Waals surface area contributed by atoms with E-state index in [1.807, 2.05) is 24.3 Å². The second kappa shape index (κ2) is 8.79. The highest BCUT2D eigenvalue weighted by atomic mass is 35.5. The first kappa shape index (κ1) is 20.3. The van der Waals surface area contributed by atoms with Gasteiger partial charge in [0.1, 0.15) is 0 Å². The number of rotatable bonds is 5. The van der Waals surface area contributed by atoms with Crippen LogP contribution >= 0.6 is 11.6 Å². The smallest absolute Gasteiger partial charge is 0.338 e. The van der Waals surface area contributed by atoms with Crippen molar-refractivity contribution in [2.45, 2.75) is 25.8 Å². The van der Waals surface area contributed by atoms with Crippen molar-refractivity contribution >= 4 is 29.3 Å². The van der Waals surface area contributed by atoms with E-state index in [0.29, 0.717) is 22.8 Å². The number of para-hydroxylation sites is 1. The number of amides is 2. The van der Waals surface area contributed by atoms with Crippen LogP contribution in [-0.4, -0.2) is 31.7 Å². The number of esters is 1. The molecule has 0 fully saturated rings. The molecule has 2 N–H and O–H groups in total. The minimum absolute atomic E-state index is 0.253. The monoisotopic (exact) mass is 425 g/mol. The fourth-order valence-electron chi connectivity index (χ4n) is 4.06. The van der Waals surface area contributed by atoms with Crippen molar-refractivity contribution in [2.24, 2.45) is 0 Å². The molecule has 2 heterocycles. The third-order valence-electron chi connectivity index (χ3n) is 5.41. The van der Waals surface area contributed by atoms with Crippen LogP contribution in [0.25, 0.3) is 0 Å². The number of hydrogen-bond acceptors (Lipinski definition) is 4. The van der Waals surface area contributed by atoms with E-state index in [9.17, 15) is 9.59 Å². The molecule has 0 spiro atoms. The van der Waals surface area contributed by atoms with Crippen molar-refractivity contribution in [3.8, 4) is 0 Å². The summed E-state index contributed by atoms with van der Waals surface area (Å²) >= 11 is 6.02. The summed E-state index contributed by atoms with van der Waals surface area (Å²) in [5.41, 5.74) is 4.16. The van der Waals surface area contributed by atoms with Crippen LogP contribution in [-0.2, 0) is 16.0 Å². The Bertz CT molecular complexity index is 987. The van der Waals surface area contributed by atoms with Gasteiger partial charge in [0, 0.05) is 17.3 Å². The largest absolute Gasteiger partial charge is 0.463 e. The number of anilines is 1. The number of halogens is 1. The molecule has 0 bridgehead atoms. The van der Waals surface area contributed by atoms with Gasteiger partial charge in [0.05, 0.1) is 30.5 Å². The highest BCUT2D eigenvalue weighted by Gasteiger charge is 2.34. The van der Waals surface area contributed by atoms with Gasteiger partial charge >= 0.3 is 12.0 Å². The summed E-state index contributed by atoms with van der Waals surface area (Å²) in [6.07, 6.45) is 2.05. The lowest BCUT2D eigenvalue weighted by atomic mass is 9.94. The number of nitrogens with zero attached hydrogens (tertiary/aromatic N) is 1. The molecular weight excluding hydrogens is 402 g/mol. The van der Waals surface area contributed by atoms with Gasteiger partial charge in [0.2, 0.25) is 0 Å². The van der Waals surface area contributed by atoms with Crippen LogP contribution in [0.1, 0.15) is 30.5 Å². The Kier molecular flexibility index (Phi) is 5.95. The molecule has 2 aromatic carbocycles. The number of ether oxygens (including phenoxy) is 1. The van der Waals surface area contributed by atoms with Gasteiger partial charge in [-0.05, 0) is 49.1 Å². The summed E-state index contributed by atoms with van der Waals surface area (Å²) in [6, 6.07) is 14.4. The van der Waals surface area contributed by atoms with Gasteiger partial charge in [-0.15, -0.1) is 0 Å². The molecular formula is C23H24ClN3O3. The SMILES string of the molecule is CCOC(=O)C1=C(CN2CCCc3ccccc32)NC(=O)N[C@@H]1c1ccc(Cl)cc1.